The van der Waals surface area contributed by atoms with Crippen molar-refractivity contribution >= 4 is 43.6 Å². The van der Waals surface area contributed by atoms with Crippen molar-refractivity contribution in [1.82, 2.24) is 10.1 Å². The fraction of sp³-hybridized carbons (Fsp3) is 0.118. The van der Waals surface area contributed by atoms with Crippen molar-refractivity contribution in [1.29, 1.82) is 0 Å². The minimum atomic E-state index is -0.152. The third-order valence-corrected chi connectivity index (χ3v) is 4.58. The second-order valence-corrected chi connectivity index (χ2v) is 6.32. The van der Waals surface area contributed by atoms with E-state index in [9.17, 15) is 4.79 Å². The molecule has 1 N–H and O–H groups in total. The van der Waals surface area contributed by atoms with E-state index in [1.165, 1.54) is 11.3 Å². The van der Waals surface area contributed by atoms with Gasteiger partial charge in [-0.1, -0.05) is 40.8 Å². The number of carbonyl (C=O) groups excluding carboxylic acids is 1. The van der Waals surface area contributed by atoms with Gasteiger partial charge in [0.05, 0.1) is 16.6 Å². The van der Waals surface area contributed by atoms with E-state index in [1.54, 1.807) is 0 Å². The normalized spacial score (nSPS) is 11.2. The van der Waals surface area contributed by atoms with Crippen LogP contribution in [-0.4, -0.2) is 16.0 Å². The summed E-state index contributed by atoms with van der Waals surface area (Å²) in [5.74, 6) is -0.152. The smallest absolute Gasteiger partial charge is 0.232 e. The Hall–Kier alpha value is -2.73. The van der Waals surface area contributed by atoms with Crippen LogP contribution in [0.15, 0.2) is 47.0 Å². The molecule has 1 amide bonds. The quantitative estimate of drug-likeness (QED) is 0.620. The zero-order valence-corrected chi connectivity index (χ0v) is 13.2. The molecule has 0 aliphatic rings. The Bertz CT molecular complexity index is 1020. The standard InChI is InChI=1S/C17H13N3O2S/c1-10-5-4-8-14-16(10)19-17(23-14)18-15(21)9-12-11-6-2-3-7-13(11)22-20-12/h2-8H,9H2,1H3,(H,18,19,21). The number of amides is 1. The summed E-state index contributed by atoms with van der Waals surface area (Å²) >= 11 is 1.47. The first-order chi connectivity index (χ1) is 11.2. The molecule has 0 fully saturated rings. The Kier molecular flexibility index (Phi) is 3.31. The summed E-state index contributed by atoms with van der Waals surface area (Å²) in [5.41, 5.74) is 3.35. The van der Waals surface area contributed by atoms with E-state index in [0.29, 0.717) is 16.4 Å². The molecule has 2 heterocycles. The molecule has 114 valence electrons. The number of carbonyl (C=O) groups is 1. The fourth-order valence-corrected chi connectivity index (χ4v) is 3.48. The van der Waals surface area contributed by atoms with E-state index in [4.69, 9.17) is 4.52 Å². The zero-order chi connectivity index (χ0) is 15.8. The van der Waals surface area contributed by atoms with Gasteiger partial charge in [0.1, 0.15) is 5.69 Å². The number of nitrogens with zero attached hydrogens (tertiary/aromatic N) is 2. The van der Waals surface area contributed by atoms with Gasteiger partial charge in [0.2, 0.25) is 5.91 Å². The number of anilines is 1. The predicted octanol–water partition coefficient (Wildman–Crippen LogP) is 3.93. The monoisotopic (exact) mass is 323 g/mol. The summed E-state index contributed by atoms with van der Waals surface area (Å²) in [6, 6.07) is 13.5. The van der Waals surface area contributed by atoms with Crippen molar-refractivity contribution in [2.45, 2.75) is 13.3 Å². The van der Waals surface area contributed by atoms with E-state index >= 15 is 0 Å². The molecule has 2 aromatic heterocycles. The van der Waals surface area contributed by atoms with Crippen LogP contribution in [0.3, 0.4) is 0 Å². The van der Waals surface area contributed by atoms with Crippen molar-refractivity contribution < 1.29 is 9.32 Å². The molecule has 2 aromatic carbocycles. The molecule has 0 spiro atoms. The molecule has 4 rings (SSSR count). The first-order valence-corrected chi connectivity index (χ1v) is 8.01. The summed E-state index contributed by atoms with van der Waals surface area (Å²) in [7, 11) is 0. The highest BCUT2D eigenvalue weighted by Crippen LogP contribution is 2.28. The molecular weight excluding hydrogens is 310 g/mol. The number of rotatable bonds is 3. The van der Waals surface area contributed by atoms with Crippen LogP contribution < -0.4 is 5.32 Å². The highest BCUT2D eigenvalue weighted by atomic mass is 32.1. The maximum atomic E-state index is 12.3. The van der Waals surface area contributed by atoms with Crippen LogP contribution in [0.1, 0.15) is 11.3 Å². The molecule has 0 unspecified atom stereocenters. The van der Waals surface area contributed by atoms with E-state index in [2.05, 4.69) is 15.5 Å². The molecule has 0 atom stereocenters. The van der Waals surface area contributed by atoms with Crippen LogP contribution in [0.25, 0.3) is 21.2 Å². The number of thiazole rings is 1. The summed E-state index contributed by atoms with van der Waals surface area (Å²) in [6.45, 7) is 2.01. The third kappa shape index (κ3) is 2.57. The van der Waals surface area contributed by atoms with E-state index in [-0.39, 0.29) is 12.3 Å². The Morgan fingerprint density at radius 1 is 1.22 bits per heavy atom. The van der Waals surface area contributed by atoms with Gasteiger partial charge < -0.3 is 9.84 Å². The second-order valence-electron chi connectivity index (χ2n) is 5.29. The summed E-state index contributed by atoms with van der Waals surface area (Å²) < 4.78 is 6.28. The Labute approximate surface area is 135 Å². The van der Waals surface area contributed by atoms with Crippen LogP contribution >= 0.6 is 11.3 Å². The van der Waals surface area contributed by atoms with Crippen molar-refractivity contribution in [3.63, 3.8) is 0 Å². The number of hydrogen-bond donors (Lipinski definition) is 1. The van der Waals surface area contributed by atoms with Gasteiger partial charge in [-0.15, -0.1) is 0 Å². The average Bonchev–Trinajstić information content (AvgIpc) is 3.12. The Balaban J connectivity index is 1.56. The molecule has 23 heavy (non-hydrogen) atoms. The van der Waals surface area contributed by atoms with Gasteiger partial charge in [-0.05, 0) is 30.7 Å². The second kappa shape index (κ2) is 5.48. The largest absolute Gasteiger partial charge is 0.356 e. The summed E-state index contributed by atoms with van der Waals surface area (Å²) in [5, 5.41) is 8.30. The predicted molar refractivity (Wildman–Crippen MR) is 90.7 cm³/mol. The Morgan fingerprint density at radius 3 is 2.96 bits per heavy atom. The van der Waals surface area contributed by atoms with Gasteiger partial charge in [-0.2, -0.15) is 0 Å². The lowest BCUT2D eigenvalue weighted by atomic mass is 10.2. The first kappa shape index (κ1) is 13.9. The number of para-hydroxylation sites is 2. The lowest BCUT2D eigenvalue weighted by Crippen LogP contribution is -2.14. The number of hydrogen-bond acceptors (Lipinski definition) is 5. The van der Waals surface area contributed by atoms with Crippen LogP contribution in [0.2, 0.25) is 0 Å². The van der Waals surface area contributed by atoms with Gasteiger partial charge in [0, 0.05) is 5.39 Å². The van der Waals surface area contributed by atoms with E-state index < -0.39 is 0 Å². The van der Waals surface area contributed by atoms with Crippen LogP contribution in [0.4, 0.5) is 5.13 Å². The lowest BCUT2D eigenvalue weighted by molar-refractivity contribution is -0.115. The molecule has 0 aliphatic carbocycles. The van der Waals surface area contributed by atoms with Crippen LogP contribution in [0.5, 0.6) is 0 Å². The average molecular weight is 323 g/mol. The third-order valence-electron chi connectivity index (χ3n) is 3.65. The zero-order valence-electron chi connectivity index (χ0n) is 12.4. The number of fused-ring (bicyclic) bond motifs is 2. The molecule has 0 radical (unpaired) electrons. The minimum Gasteiger partial charge on any atom is -0.356 e. The maximum Gasteiger partial charge on any atom is 0.232 e. The molecule has 0 bridgehead atoms. The first-order valence-electron chi connectivity index (χ1n) is 7.20. The van der Waals surface area contributed by atoms with Crippen molar-refractivity contribution in [3.8, 4) is 0 Å². The van der Waals surface area contributed by atoms with Gasteiger partial charge in [0.25, 0.3) is 0 Å². The topological polar surface area (TPSA) is 68.0 Å². The SMILES string of the molecule is Cc1cccc2sc(NC(=O)Cc3noc4ccccc34)nc12. The lowest BCUT2D eigenvalue weighted by Gasteiger charge is -1.99. The summed E-state index contributed by atoms with van der Waals surface area (Å²) in [4.78, 5) is 16.7. The molecule has 4 aromatic rings. The maximum absolute atomic E-state index is 12.3. The van der Waals surface area contributed by atoms with E-state index in [0.717, 1.165) is 21.2 Å². The van der Waals surface area contributed by atoms with Crippen molar-refractivity contribution in [2.24, 2.45) is 0 Å². The van der Waals surface area contributed by atoms with Gasteiger partial charge in [0.15, 0.2) is 10.7 Å². The van der Waals surface area contributed by atoms with Gasteiger partial charge in [-0.25, -0.2) is 4.98 Å². The highest BCUT2D eigenvalue weighted by molar-refractivity contribution is 7.22. The molecular formula is C17H13N3O2S. The highest BCUT2D eigenvalue weighted by Gasteiger charge is 2.14. The number of aromatic nitrogens is 2. The van der Waals surface area contributed by atoms with Gasteiger partial charge in [-0.3, -0.25) is 4.79 Å². The molecule has 0 aliphatic heterocycles. The Morgan fingerprint density at radius 2 is 2.09 bits per heavy atom. The number of aryl methyl sites for hydroxylation is 1. The molecule has 0 saturated carbocycles. The molecule has 6 heteroatoms. The van der Waals surface area contributed by atoms with Crippen LogP contribution in [-0.2, 0) is 11.2 Å². The number of nitrogens with one attached hydrogen (secondary N) is 1. The summed E-state index contributed by atoms with van der Waals surface area (Å²) in [6.07, 6.45) is 0.159. The van der Waals surface area contributed by atoms with Crippen molar-refractivity contribution in [3.05, 3.63) is 53.7 Å². The number of benzene rings is 2. The van der Waals surface area contributed by atoms with E-state index in [1.807, 2.05) is 49.4 Å². The molecule has 5 nitrogen and oxygen atoms in total. The molecule has 0 saturated heterocycles. The van der Waals surface area contributed by atoms with Crippen LogP contribution in [0, 0.1) is 6.92 Å². The van der Waals surface area contributed by atoms with Gasteiger partial charge >= 0.3 is 0 Å². The van der Waals surface area contributed by atoms with Crippen molar-refractivity contribution in [2.75, 3.05) is 5.32 Å². The minimum absolute atomic E-state index is 0.152. The fourth-order valence-electron chi connectivity index (χ4n) is 2.52.